The third-order valence-electron chi connectivity index (χ3n) is 1.95. The van der Waals surface area contributed by atoms with Crippen molar-refractivity contribution in [2.75, 3.05) is 13.2 Å². The summed E-state index contributed by atoms with van der Waals surface area (Å²) in [5.74, 6) is 0.280. The van der Waals surface area contributed by atoms with Gasteiger partial charge in [0.2, 0.25) is 0 Å². The lowest BCUT2D eigenvalue weighted by Gasteiger charge is -2.02. The fourth-order valence-corrected chi connectivity index (χ4v) is 1.22. The molecule has 0 amide bonds. The molecule has 0 atom stereocenters. The van der Waals surface area contributed by atoms with Crippen LogP contribution in [-0.4, -0.2) is 24.1 Å². The highest BCUT2D eigenvalue weighted by atomic mass is 16.5. The van der Waals surface area contributed by atoms with E-state index < -0.39 is 0 Å². The molecule has 0 aliphatic carbocycles. The van der Waals surface area contributed by atoms with Gasteiger partial charge in [-0.15, -0.1) is 0 Å². The minimum absolute atomic E-state index is 0.0640. The van der Waals surface area contributed by atoms with Crippen LogP contribution in [0.3, 0.4) is 0 Å². The van der Waals surface area contributed by atoms with Gasteiger partial charge in [-0.3, -0.25) is 4.79 Å². The number of hydrogen-bond donors (Lipinski definition) is 1. The van der Waals surface area contributed by atoms with Crippen molar-refractivity contribution in [2.45, 2.75) is 19.8 Å². The van der Waals surface area contributed by atoms with Gasteiger partial charge in [0.1, 0.15) is 12.4 Å². The molecule has 0 unspecified atom stereocenters. The van der Waals surface area contributed by atoms with E-state index in [2.05, 4.69) is 0 Å². The molecule has 0 radical (unpaired) electrons. The van der Waals surface area contributed by atoms with Gasteiger partial charge in [-0.25, -0.2) is 0 Å². The summed E-state index contributed by atoms with van der Waals surface area (Å²) < 4.78 is 5.14. The van der Waals surface area contributed by atoms with Crippen LogP contribution in [-0.2, 0) is 16.0 Å². The van der Waals surface area contributed by atoms with Crippen LogP contribution >= 0.6 is 0 Å². The van der Waals surface area contributed by atoms with Gasteiger partial charge in [-0.05, 0) is 24.1 Å². The maximum atomic E-state index is 11.4. The number of rotatable bonds is 6. The Kier molecular flexibility index (Phi) is 4.84. The third-order valence-corrected chi connectivity index (χ3v) is 1.95. The highest BCUT2D eigenvalue weighted by Crippen LogP contribution is 2.10. The molecule has 3 heteroatoms. The predicted molar refractivity (Wildman–Crippen MR) is 57.9 cm³/mol. The van der Waals surface area contributed by atoms with Crippen molar-refractivity contribution in [3.63, 3.8) is 0 Å². The first-order valence-electron chi connectivity index (χ1n) is 5.09. The molecule has 0 saturated carbocycles. The second kappa shape index (κ2) is 6.19. The molecule has 0 aliphatic rings. The average molecular weight is 208 g/mol. The summed E-state index contributed by atoms with van der Waals surface area (Å²) in [5, 5.41) is 9.05. The molecule has 1 rings (SSSR count). The summed E-state index contributed by atoms with van der Waals surface area (Å²) in [4.78, 5) is 11.4. The first-order valence-corrected chi connectivity index (χ1v) is 5.09. The molecule has 15 heavy (non-hydrogen) atoms. The maximum absolute atomic E-state index is 11.4. The van der Waals surface area contributed by atoms with E-state index in [0.29, 0.717) is 13.0 Å². The molecule has 0 saturated heterocycles. The molecule has 3 nitrogen and oxygen atoms in total. The van der Waals surface area contributed by atoms with Crippen molar-refractivity contribution in [1.82, 2.24) is 0 Å². The smallest absolute Gasteiger partial charge is 0.162 e. The van der Waals surface area contributed by atoms with Crippen molar-refractivity contribution < 1.29 is 14.6 Å². The molecule has 1 aromatic carbocycles. The Balaban J connectivity index is 2.34. The number of phenols is 1. The number of aromatic hydroxyl groups is 1. The molecule has 0 aromatic heterocycles. The number of carbonyl (C=O) groups excluding carboxylic acids is 1. The number of hydrogen-bond acceptors (Lipinski definition) is 3. The minimum atomic E-state index is 0.0640. The molecule has 82 valence electrons. The lowest BCUT2D eigenvalue weighted by atomic mass is 10.1. The number of phenolic OH excluding ortho intramolecular Hbond substituents is 1. The van der Waals surface area contributed by atoms with E-state index in [1.165, 1.54) is 0 Å². The number of ether oxygens (including phenoxy) is 1. The highest BCUT2D eigenvalue weighted by Gasteiger charge is 2.03. The van der Waals surface area contributed by atoms with Gasteiger partial charge in [-0.2, -0.15) is 0 Å². The zero-order valence-electron chi connectivity index (χ0n) is 8.90. The van der Waals surface area contributed by atoms with E-state index >= 15 is 0 Å². The summed E-state index contributed by atoms with van der Waals surface area (Å²) in [7, 11) is 0. The highest BCUT2D eigenvalue weighted by molar-refractivity contribution is 5.82. The molecule has 1 N–H and O–H groups in total. The van der Waals surface area contributed by atoms with E-state index in [-0.39, 0.29) is 18.1 Å². The molecule has 0 heterocycles. The predicted octanol–water partition coefficient (Wildman–Crippen LogP) is 1.93. The Labute approximate surface area is 89.7 Å². The molecule has 0 bridgehead atoms. The van der Waals surface area contributed by atoms with E-state index in [9.17, 15) is 4.79 Å². The van der Waals surface area contributed by atoms with Crippen LogP contribution in [0.15, 0.2) is 24.3 Å². The first-order chi connectivity index (χ1) is 7.22. The number of Topliss-reactive ketones (excluding diaryl/α,β-unsaturated/α-hetero) is 1. The van der Waals surface area contributed by atoms with Gasteiger partial charge in [0.05, 0.1) is 0 Å². The standard InChI is InChI=1S/C12H16O3/c1-2-7-15-9-12(14)8-10-3-5-11(13)6-4-10/h3-6,13H,2,7-9H2,1H3. The van der Waals surface area contributed by atoms with Gasteiger partial charge in [0.25, 0.3) is 0 Å². The Morgan fingerprint density at radius 3 is 2.60 bits per heavy atom. The molecule has 0 aliphatic heterocycles. The van der Waals surface area contributed by atoms with Crippen molar-refractivity contribution in [3.05, 3.63) is 29.8 Å². The monoisotopic (exact) mass is 208 g/mol. The van der Waals surface area contributed by atoms with Gasteiger partial charge in [-0.1, -0.05) is 19.1 Å². The van der Waals surface area contributed by atoms with Crippen LogP contribution in [0.1, 0.15) is 18.9 Å². The minimum Gasteiger partial charge on any atom is -0.508 e. The Morgan fingerprint density at radius 2 is 2.00 bits per heavy atom. The molecule has 1 aromatic rings. The van der Waals surface area contributed by atoms with E-state index in [4.69, 9.17) is 9.84 Å². The zero-order valence-corrected chi connectivity index (χ0v) is 8.90. The summed E-state index contributed by atoms with van der Waals surface area (Å²) in [6, 6.07) is 6.64. The number of benzene rings is 1. The van der Waals surface area contributed by atoms with Gasteiger partial charge < -0.3 is 9.84 Å². The third kappa shape index (κ3) is 4.61. The summed E-state index contributed by atoms with van der Waals surface area (Å²) in [6.45, 7) is 2.81. The molecular formula is C12H16O3. The normalized spacial score (nSPS) is 10.2. The van der Waals surface area contributed by atoms with Crippen molar-refractivity contribution in [1.29, 1.82) is 0 Å². The molecular weight excluding hydrogens is 192 g/mol. The summed E-state index contributed by atoms with van der Waals surface area (Å²) in [6.07, 6.45) is 1.29. The van der Waals surface area contributed by atoms with Gasteiger partial charge in [0.15, 0.2) is 5.78 Å². The van der Waals surface area contributed by atoms with Crippen LogP contribution in [0.5, 0.6) is 5.75 Å². The molecule has 0 spiro atoms. The lowest BCUT2D eigenvalue weighted by molar-refractivity contribution is -0.122. The van der Waals surface area contributed by atoms with Crippen LogP contribution < -0.4 is 0 Å². The Hall–Kier alpha value is -1.35. The Bertz CT molecular complexity index is 303. The zero-order chi connectivity index (χ0) is 11.1. The van der Waals surface area contributed by atoms with Gasteiger partial charge in [0, 0.05) is 13.0 Å². The second-order valence-corrected chi connectivity index (χ2v) is 3.43. The molecule has 0 fully saturated rings. The lowest BCUT2D eigenvalue weighted by Crippen LogP contribution is -2.11. The second-order valence-electron chi connectivity index (χ2n) is 3.43. The average Bonchev–Trinajstić information content (AvgIpc) is 2.22. The number of carbonyl (C=O) groups is 1. The van der Waals surface area contributed by atoms with Gasteiger partial charge >= 0.3 is 0 Å². The van der Waals surface area contributed by atoms with Crippen molar-refractivity contribution in [2.24, 2.45) is 0 Å². The Morgan fingerprint density at radius 1 is 1.33 bits per heavy atom. The summed E-state index contributed by atoms with van der Waals surface area (Å²) in [5.41, 5.74) is 0.901. The fraction of sp³-hybridized carbons (Fsp3) is 0.417. The largest absolute Gasteiger partial charge is 0.508 e. The van der Waals surface area contributed by atoms with Crippen LogP contribution in [0.2, 0.25) is 0 Å². The summed E-state index contributed by atoms with van der Waals surface area (Å²) >= 11 is 0. The van der Waals surface area contributed by atoms with Crippen LogP contribution in [0.25, 0.3) is 0 Å². The van der Waals surface area contributed by atoms with E-state index in [1.54, 1.807) is 24.3 Å². The van der Waals surface area contributed by atoms with Crippen LogP contribution in [0, 0.1) is 0 Å². The van der Waals surface area contributed by atoms with Crippen LogP contribution in [0.4, 0.5) is 0 Å². The maximum Gasteiger partial charge on any atom is 0.162 e. The SMILES string of the molecule is CCCOCC(=O)Cc1ccc(O)cc1. The first kappa shape index (κ1) is 11.7. The van der Waals surface area contributed by atoms with Crippen molar-refractivity contribution in [3.8, 4) is 5.75 Å². The number of ketones is 1. The van der Waals surface area contributed by atoms with Crippen molar-refractivity contribution >= 4 is 5.78 Å². The van der Waals surface area contributed by atoms with E-state index in [1.807, 2.05) is 6.92 Å². The quantitative estimate of drug-likeness (QED) is 0.726. The van der Waals surface area contributed by atoms with E-state index in [0.717, 1.165) is 12.0 Å². The fourth-order valence-electron chi connectivity index (χ4n) is 1.22. The topological polar surface area (TPSA) is 46.5 Å².